The normalized spacial score (nSPS) is 21.2. The molecule has 0 aliphatic carbocycles. The molecule has 118 valence electrons. The van der Waals surface area contributed by atoms with E-state index in [0.717, 1.165) is 32.6 Å². The van der Waals surface area contributed by atoms with Gasteiger partial charge in [-0.2, -0.15) is 13.2 Å². The van der Waals surface area contributed by atoms with E-state index >= 15 is 0 Å². The smallest absolute Gasteiger partial charge is 0.309 e. The van der Waals surface area contributed by atoms with Gasteiger partial charge in [0.05, 0.1) is 0 Å². The minimum Gasteiger partial charge on any atom is -0.309 e. The molecular weight excluding hydrogens is 277 g/mol. The molecule has 0 radical (unpaired) electrons. The summed E-state index contributed by atoms with van der Waals surface area (Å²) in [4.78, 5) is 2.29. The first-order chi connectivity index (χ1) is 10.0. The first-order valence-electron chi connectivity index (χ1n) is 7.62. The molecule has 2 rings (SSSR count). The number of halogens is 3. The number of nitrogens with one attached hydrogen (secondary N) is 1. The van der Waals surface area contributed by atoms with Crippen LogP contribution >= 0.6 is 0 Å². The maximum Gasteiger partial charge on any atom is 0.389 e. The summed E-state index contributed by atoms with van der Waals surface area (Å²) in [5.41, 5.74) is 1.25. The summed E-state index contributed by atoms with van der Waals surface area (Å²) in [6, 6.07) is 10.5. The van der Waals surface area contributed by atoms with Crippen molar-refractivity contribution < 1.29 is 13.2 Å². The predicted octanol–water partition coefficient (Wildman–Crippen LogP) is 3.76. The molecule has 1 aromatic carbocycles. The van der Waals surface area contributed by atoms with Gasteiger partial charge in [-0.05, 0) is 44.5 Å². The molecule has 1 aliphatic heterocycles. The molecule has 1 aliphatic rings. The van der Waals surface area contributed by atoms with Crippen LogP contribution in [0, 0.1) is 0 Å². The molecule has 1 aromatic rings. The standard InChI is InChI=1S/C16H23F3N2/c17-16(18,19)9-4-5-11-21-12-6-10-20-15(13-21)14-7-2-1-3-8-14/h1-3,7-8,15,20H,4-6,9-13H2. The summed E-state index contributed by atoms with van der Waals surface area (Å²) in [6.07, 6.45) is -2.80. The Kier molecular flexibility index (Phi) is 6.06. The van der Waals surface area contributed by atoms with Gasteiger partial charge in [-0.25, -0.2) is 0 Å². The SMILES string of the molecule is FC(F)(F)CCCCN1CCCNC(c2ccccc2)C1. The van der Waals surface area contributed by atoms with Crippen LogP contribution in [-0.4, -0.2) is 37.3 Å². The van der Waals surface area contributed by atoms with E-state index in [1.54, 1.807) is 0 Å². The molecule has 1 heterocycles. The van der Waals surface area contributed by atoms with Crippen LogP contribution in [0.4, 0.5) is 13.2 Å². The summed E-state index contributed by atoms with van der Waals surface area (Å²) < 4.78 is 36.4. The molecule has 0 amide bonds. The lowest BCUT2D eigenvalue weighted by Gasteiger charge is -2.24. The van der Waals surface area contributed by atoms with Gasteiger partial charge in [-0.15, -0.1) is 0 Å². The Morgan fingerprint density at radius 3 is 2.62 bits per heavy atom. The predicted molar refractivity (Wildman–Crippen MR) is 78.1 cm³/mol. The highest BCUT2D eigenvalue weighted by Crippen LogP contribution is 2.23. The van der Waals surface area contributed by atoms with Crippen molar-refractivity contribution >= 4 is 0 Å². The zero-order valence-corrected chi connectivity index (χ0v) is 12.2. The van der Waals surface area contributed by atoms with E-state index in [9.17, 15) is 13.2 Å². The first-order valence-corrected chi connectivity index (χ1v) is 7.62. The van der Waals surface area contributed by atoms with Crippen LogP contribution in [0.25, 0.3) is 0 Å². The molecule has 0 bridgehead atoms. The van der Waals surface area contributed by atoms with Gasteiger partial charge >= 0.3 is 6.18 Å². The Balaban J connectivity index is 1.80. The molecule has 0 spiro atoms. The number of nitrogens with zero attached hydrogens (tertiary/aromatic N) is 1. The lowest BCUT2D eigenvalue weighted by molar-refractivity contribution is -0.135. The zero-order chi connectivity index (χ0) is 15.1. The third-order valence-electron chi connectivity index (χ3n) is 3.87. The molecule has 1 fully saturated rings. The number of unbranched alkanes of at least 4 members (excludes halogenated alkanes) is 1. The highest BCUT2D eigenvalue weighted by atomic mass is 19.4. The quantitative estimate of drug-likeness (QED) is 0.833. The van der Waals surface area contributed by atoms with Crippen LogP contribution in [0.1, 0.15) is 37.3 Å². The Labute approximate surface area is 124 Å². The molecular formula is C16H23F3N2. The highest BCUT2D eigenvalue weighted by molar-refractivity contribution is 5.19. The van der Waals surface area contributed by atoms with Crippen molar-refractivity contribution in [3.8, 4) is 0 Å². The minimum absolute atomic E-state index is 0.226. The van der Waals surface area contributed by atoms with Crippen molar-refractivity contribution in [2.24, 2.45) is 0 Å². The number of hydrogen-bond acceptors (Lipinski definition) is 2. The number of alkyl halides is 3. The second-order valence-electron chi connectivity index (χ2n) is 5.64. The second kappa shape index (κ2) is 7.80. The van der Waals surface area contributed by atoms with Gasteiger partial charge in [-0.1, -0.05) is 30.3 Å². The molecule has 5 heteroatoms. The maximum absolute atomic E-state index is 12.1. The highest BCUT2D eigenvalue weighted by Gasteiger charge is 2.26. The van der Waals surface area contributed by atoms with Crippen LogP contribution < -0.4 is 5.32 Å². The molecule has 1 atom stereocenters. The van der Waals surface area contributed by atoms with Crippen LogP contribution in [0.5, 0.6) is 0 Å². The Morgan fingerprint density at radius 1 is 1.14 bits per heavy atom. The van der Waals surface area contributed by atoms with E-state index in [-0.39, 0.29) is 12.5 Å². The van der Waals surface area contributed by atoms with Gasteiger partial charge in [0.1, 0.15) is 0 Å². The fraction of sp³-hybridized carbons (Fsp3) is 0.625. The van der Waals surface area contributed by atoms with E-state index < -0.39 is 12.6 Å². The lowest BCUT2D eigenvalue weighted by Crippen LogP contribution is -2.32. The minimum atomic E-state index is -4.02. The van der Waals surface area contributed by atoms with E-state index in [2.05, 4.69) is 22.3 Å². The summed E-state index contributed by atoms with van der Waals surface area (Å²) in [5.74, 6) is 0. The van der Waals surface area contributed by atoms with Gasteiger partial charge in [0.15, 0.2) is 0 Å². The van der Waals surface area contributed by atoms with Crippen molar-refractivity contribution in [3.05, 3.63) is 35.9 Å². The molecule has 0 aromatic heterocycles. The third-order valence-corrected chi connectivity index (χ3v) is 3.87. The van der Waals surface area contributed by atoms with Crippen LogP contribution in [0.2, 0.25) is 0 Å². The molecule has 0 saturated carbocycles. The molecule has 2 nitrogen and oxygen atoms in total. The van der Waals surface area contributed by atoms with E-state index in [1.807, 2.05) is 18.2 Å². The Bertz CT molecular complexity index is 406. The summed E-state index contributed by atoms with van der Waals surface area (Å²) in [7, 11) is 0. The molecule has 1 unspecified atom stereocenters. The number of benzene rings is 1. The lowest BCUT2D eigenvalue weighted by atomic mass is 10.1. The zero-order valence-electron chi connectivity index (χ0n) is 12.2. The largest absolute Gasteiger partial charge is 0.389 e. The van der Waals surface area contributed by atoms with E-state index in [1.165, 1.54) is 5.56 Å². The first kappa shape index (κ1) is 16.3. The average Bonchev–Trinajstić information content (AvgIpc) is 2.69. The summed E-state index contributed by atoms with van der Waals surface area (Å²) in [5, 5.41) is 3.52. The topological polar surface area (TPSA) is 15.3 Å². The van der Waals surface area contributed by atoms with Gasteiger partial charge in [0.2, 0.25) is 0 Å². The summed E-state index contributed by atoms with van der Waals surface area (Å²) >= 11 is 0. The Hall–Kier alpha value is -1.07. The van der Waals surface area contributed by atoms with Crippen LogP contribution in [0.3, 0.4) is 0 Å². The van der Waals surface area contributed by atoms with E-state index in [0.29, 0.717) is 6.42 Å². The number of rotatable bonds is 5. The van der Waals surface area contributed by atoms with Crippen molar-refractivity contribution in [2.75, 3.05) is 26.2 Å². The molecule has 1 saturated heterocycles. The van der Waals surface area contributed by atoms with Crippen molar-refractivity contribution in [3.63, 3.8) is 0 Å². The van der Waals surface area contributed by atoms with Gasteiger partial charge < -0.3 is 10.2 Å². The molecule has 21 heavy (non-hydrogen) atoms. The molecule has 1 N–H and O–H groups in total. The fourth-order valence-electron chi connectivity index (χ4n) is 2.77. The maximum atomic E-state index is 12.1. The third kappa shape index (κ3) is 6.06. The fourth-order valence-corrected chi connectivity index (χ4v) is 2.77. The van der Waals surface area contributed by atoms with Gasteiger partial charge in [0.25, 0.3) is 0 Å². The van der Waals surface area contributed by atoms with E-state index in [4.69, 9.17) is 0 Å². The Morgan fingerprint density at radius 2 is 1.90 bits per heavy atom. The van der Waals surface area contributed by atoms with Gasteiger partial charge in [-0.3, -0.25) is 0 Å². The monoisotopic (exact) mass is 300 g/mol. The van der Waals surface area contributed by atoms with Crippen molar-refractivity contribution in [1.82, 2.24) is 10.2 Å². The number of hydrogen-bond donors (Lipinski definition) is 1. The van der Waals surface area contributed by atoms with Crippen molar-refractivity contribution in [1.29, 1.82) is 0 Å². The summed E-state index contributed by atoms with van der Waals surface area (Å²) in [6.45, 7) is 3.54. The van der Waals surface area contributed by atoms with Gasteiger partial charge in [0, 0.05) is 19.0 Å². The van der Waals surface area contributed by atoms with Crippen LogP contribution in [-0.2, 0) is 0 Å². The second-order valence-corrected chi connectivity index (χ2v) is 5.64. The van der Waals surface area contributed by atoms with Crippen LogP contribution in [0.15, 0.2) is 30.3 Å². The average molecular weight is 300 g/mol. The van der Waals surface area contributed by atoms with Crippen molar-refractivity contribution in [2.45, 2.75) is 37.9 Å².